The Morgan fingerprint density at radius 1 is 1.12 bits per heavy atom. The standard InChI is InChI=1S/C20H19NOS3/c1-24-17-11-9-16(10-12-17)14-18-19(22)21(20(23)25-18)13-5-8-15-6-3-2-4-7-15/h2-4,6-7,9-12,14H,5,8,13H2,1H3. The number of nitrogens with zero attached hydrogens (tertiary/aromatic N) is 1. The number of carbonyl (C=O) groups excluding carboxylic acids is 1. The van der Waals surface area contributed by atoms with Crippen molar-refractivity contribution in [2.75, 3.05) is 12.8 Å². The van der Waals surface area contributed by atoms with Crippen LogP contribution < -0.4 is 0 Å². The van der Waals surface area contributed by atoms with Gasteiger partial charge in [-0.1, -0.05) is 66.4 Å². The molecule has 2 aromatic rings. The van der Waals surface area contributed by atoms with E-state index in [1.165, 1.54) is 22.2 Å². The quantitative estimate of drug-likeness (QED) is 0.385. The van der Waals surface area contributed by atoms with E-state index in [4.69, 9.17) is 12.2 Å². The minimum absolute atomic E-state index is 0.0250. The zero-order valence-electron chi connectivity index (χ0n) is 14.0. The average molecular weight is 386 g/mol. The summed E-state index contributed by atoms with van der Waals surface area (Å²) >= 11 is 8.51. The number of benzene rings is 2. The molecule has 1 saturated heterocycles. The minimum atomic E-state index is 0.0250. The van der Waals surface area contributed by atoms with Gasteiger partial charge < -0.3 is 0 Å². The second-order valence-electron chi connectivity index (χ2n) is 5.70. The lowest BCUT2D eigenvalue weighted by Gasteiger charge is -2.14. The molecule has 2 nitrogen and oxygen atoms in total. The van der Waals surface area contributed by atoms with Crippen LogP contribution in [0.2, 0.25) is 0 Å². The van der Waals surface area contributed by atoms with Gasteiger partial charge in [0, 0.05) is 11.4 Å². The summed E-state index contributed by atoms with van der Waals surface area (Å²) in [5.74, 6) is 0.0250. The van der Waals surface area contributed by atoms with Gasteiger partial charge in [0.15, 0.2) is 0 Å². The smallest absolute Gasteiger partial charge is 0.266 e. The van der Waals surface area contributed by atoms with E-state index in [0.29, 0.717) is 15.8 Å². The predicted molar refractivity (Wildman–Crippen MR) is 113 cm³/mol. The molecule has 0 N–H and O–H groups in total. The van der Waals surface area contributed by atoms with Crippen molar-refractivity contribution in [1.29, 1.82) is 0 Å². The van der Waals surface area contributed by atoms with E-state index in [1.807, 2.05) is 36.4 Å². The van der Waals surface area contributed by atoms with E-state index in [1.54, 1.807) is 16.7 Å². The highest BCUT2D eigenvalue weighted by Crippen LogP contribution is 2.33. The van der Waals surface area contributed by atoms with Gasteiger partial charge >= 0.3 is 0 Å². The van der Waals surface area contributed by atoms with E-state index in [-0.39, 0.29) is 5.91 Å². The van der Waals surface area contributed by atoms with Gasteiger partial charge in [0.25, 0.3) is 5.91 Å². The number of thioether (sulfide) groups is 2. The highest BCUT2D eigenvalue weighted by Gasteiger charge is 2.31. The predicted octanol–water partition coefficient (Wildman–Crippen LogP) is 5.24. The molecular formula is C20H19NOS3. The van der Waals surface area contributed by atoms with Crippen molar-refractivity contribution in [1.82, 2.24) is 4.90 Å². The summed E-state index contributed by atoms with van der Waals surface area (Å²) in [4.78, 5) is 16.3. The Hall–Kier alpha value is -1.56. The molecule has 1 fully saturated rings. The molecule has 0 bridgehead atoms. The molecule has 0 unspecified atom stereocenters. The fraction of sp³-hybridized carbons (Fsp3) is 0.200. The molecule has 0 radical (unpaired) electrons. The second kappa shape index (κ2) is 8.70. The van der Waals surface area contributed by atoms with Gasteiger partial charge in [0.05, 0.1) is 4.91 Å². The first-order valence-electron chi connectivity index (χ1n) is 8.11. The van der Waals surface area contributed by atoms with Crippen LogP contribution in [-0.2, 0) is 11.2 Å². The molecule has 1 aliphatic heterocycles. The average Bonchev–Trinajstić information content (AvgIpc) is 2.90. The third kappa shape index (κ3) is 4.75. The molecule has 3 rings (SSSR count). The lowest BCUT2D eigenvalue weighted by molar-refractivity contribution is -0.122. The van der Waals surface area contributed by atoms with E-state index >= 15 is 0 Å². The second-order valence-corrected chi connectivity index (χ2v) is 8.25. The van der Waals surface area contributed by atoms with Gasteiger partial charge in [0.2, 0.25) is 0 Å². The summed E-state index contributed by atoms with van der Waals surface area (Å²) < 4.78 is 0.657. The van der Waals surface area contributed by atoms with E-state index in [2.05, 4.69) is 30.5 Å². The number of carbonyl (C=O) groups is 1. The summed E-state index contributed by atoms with van der Waals surface area (Å²) in [5.41, 5.74) is 2.32. The van der Waals surface area contributed by atoms with Crippen molar-refractivity contribution in [2.45, 2.75) is 17.7 Å². The molecule has 2 aromatic carbocycles. The molecule has 0 aliphatic carbocycles. The summed E-state index contributed by atoms with van der Waals surface area (Å²) in [7, 11) is 0. The van der Waals surface area contributed by atoms with Gasteiger partial charge in [0.1, 0.15) is 4.32 Å². The minimum Gasteiger partial charge on any atom is -0.293 e. The van der Waals surface area contributed by atoms with Gasteiger partial charge in [-0.15, -0.1) is 11.8 Å². The van der Waals surface area contributed by atoms with Crippen LogP contribution in [0.5, 0.6) is 0 Å². The maximum Gasteiger partial charge on any atom is 0.266 e. The molecule has 5 heteroatoms. The lowest BCUT2D eigenvalue weighted by Crippen LogP contribution is -2.29. The number of aryl methyl sites for hydroxylation is 1. The lowest BCUT2D eigenvalue weighted by atomic mass is 10.1. The zero-order valence-corrected chi connectivity index (χ0v) is 16.4. The molecule has 0 spiro atoms. The number of thiocarbonyl (C=S) groups is 1. The third-order valence-corrected chi connectivity index (χ3v) is 6.10. The first-order valence-corrected chi connectivity index (χ1v) is 10.6. The molecule has 0 aromatic heterocycles. The Balaban J connectivity index is 1.62. The fourth-order valence-corrected chi connectivity index (χ4v) is 4.35. The van der Waals surface area contributed by atoms with Gasteiger partial charge in [-0.3, -0.25) is 9.69 Å². The van der Waals surface area contributed by atoms with Crippen molar-refractivity contribution in [3.8, 4) is 0 Å². The van der Waals surface area contributed by atoms with Gasteiger partial charge in [-0.2, -0.15) is 0 Å². The topological polar surface area (TPSA) is 20.3 Å². The normalized spacial score (nSPS) is 16.0. The van der Waals surface area contributed by atoms with Crippen molar-refractivity contribution in [2.24, 2.45) is 0 Å². The SMILES string of the molecule is CSc1ccc(C=C2SC(=S)N(CCCc3ccccc3)C2=O)cc1. The summed E-state index contributed by atoms with van der Waals surface area (Å²) in [5, 5.41) is 0. The number of amides is 1. The molecular weight excluding hydrogens is 366 g/mol. The first kappa shape index (κ1) is 18.2. The number of hydrogen-bond donors (Lipinski definition) is 0. The molecule has 1 amide bonds. The van der Waals surface area contributed by atoms with Gasteiger partial charge in [-0.25, -0.2) is 0 Å². The molecule has 1 aliphatic rings. The number of hydrogen-bond acceptors (Lipinski definition) is 4. The highest BCUT2D eigenvalue weighted by molar-refractivity contribution is 8.26. The maximum absolute atomic E-state index is 12.6. The Labute approximate surface area is 162 Å². The molecule has 0 atom stereocenters. The van der Waals surface area contributed by atoms with Crippen LogP contribution in [0.3, 0.4) is 0 Å². The van der Waals surface area contributed by atoms with E-state index in [0.717, 1.165) is 18.4 Å². The van der Waals surface area contributed by atoms with Gasteiger partial charge in [-0.05, 0) is 48.4 Å². The molecule has 1 heterocycles. The zero-order chi connectivity index (χ0) is 17.6. The molecule has 25 heavy (non-hydrogen) atoms. The van der Waals surface area contributed by atoms with Crippen LogP contribution in [0.1, 0.15) is 17.5 Å². The fourth-order valence-electron chi connectivity index (χ4n) is 2.63. The van der Waals surface area contributed by atoms with Crippen molar-refractivity contribution in [3.63, 3.8) is 0 Å². The van der Waals surface area contributed by atoms with Crippen LogP contribution in [0, 0.1) is 0 Å². The Morgan fingerprint density at radius 3 is 2.52 bits per heavy atom. The third-order valence-electron chi connectivity index (χ3n) is 3.98. The number of rotatable bonds is 6. The first-order chi connectivity index (χ1) is 12.2. The molecule has 0 saturated carbocycles. The van der Waals surface area contributed by atoms with Crippen molar-refractivity contribution >= 4 is 52.0 Å². The summed E-state index contributed by atoms with van der Waals surface area (Å²) in [6.45, 7) is 0.669. The van der Waals surface area contributed by atoms with Crippen LogP contribution >= 0.6 is 35.7 Å². The Kier molecular flexibility index (Phi) is 6.34. The highest BCUT2D eigenvalue weighted by atomic mass is 32.2. The van der Waals surface area contributed by atoms with Crippen LogP contribution in [-0.4, -0.2) is 27.9 Å². The van der Waals surface area contributed by atoms with E-state index in [9.17, 15) is 4.79 Å². The summed E-state index contributed by atoms with van der Waals surface area (Å²) in [6.07, 6.45) is 5.84. The summed E-state index contributed by atoms with van der Waals surface area (Å²) in [6, 6.07) is 18.5. The monoisotopic (exact) mass is 385 g/mol. The van der Waals surface area contributed by atoms with Crippen molar-refractivity contribution in [3.05, 3.63) is 70.6 Å². The Bertz CT molecular complexity index is 784. The largest absolute Gasteiger partial charge is 0.293 e. The Morgan fingerprint density at radius 2 is 1.84 bits per heavy atom. The van der Waals surface area contributed by atoms with E-state index < -0.39 is 0 Å². The van der Waals surface area contributed by atoms with Crippen LogP contribution in [0.4, 0.5) is 0 Å². The molecule has 128 valence electrons. The van der Waals surface area contributed by atoms with Crippen molar-refractivity contribution < 1.29 is 4.79 Å². The maximum atomic E-state index is 12.6. The van der Waals surface area contributed by atoms with Crippen LogP contribution in [0.25, 0.3) is 6.08 Å². The van der Waals surface area contributed by atoms with Crippen LogP contribution in [0.15, 0.2) is 64.4 Å².